The maximum atomic E-state index is 12.4. The summed E-state index contributed by atoms with van der Waals surface area (Å²) in [5.74, 6) is 0. The molecule has 0 radical (unpaired) electrons. The normalized spacial score (nSPS) is 11.0. The van der Waals surface area contributed by atoms with Crippen LogP contribution in [0.15, 0.2) is 84.9 Å². The van der Waals surface area contributed by atoms with Crippen molar-refractivity contribution in [2.45, 2.75) is 0 Å². The lowest BCUT2D eigenvalue weighted by Gasteiger charge is -1.99. The molecule has 0 aliphatic heterocycles. The van der Waals surface area contributed by atoms with Crippen LogP contribution in [0.3, 0.4) is 0 Å². The highest BCUT2D eigenvalue weighted by molar-refractivity contribution is 7.71. The number of carbonyl (C=O) groups excluding carboxylic acids is 1. The van der Waals surface area contributed by atoms with Gasteiger partial charge >= 0.3 is 13.3 Å². The van der Waals surface area contributed by atoms with Gasteiger partial charge in [-0.3, -0.25) is 0 Å². The molecule has 1 atom stereocenters. The molecule has 0 saturated carbocycles. The molecule has 106 valence electrons. The molecule has 0 spiro atoms. The quantitative estimate of drug-likeness (QED) is 0.658. The van der Waals surface area contributed by atoms with E-state index in [0.717, 1.165) is 11.1 Å². The van der Waals surface area contributed by atoms with Crippen LogP contribution in [0.4, 0.5) is 0 Å². The summed E-state index contributed by atoms with van der Waals surface area (Å²) in [5, 5.41) is 0.559. The Labute approximate surface area is 130 Å². The summed E-state index contributed by atoms with van der Waals surface area (Å²) in [5.41, 5.74) is 2.29. The predicted molar refractivity (Wildman–Crippen MR) is 89.9 cm³/mol. The molecule has 0 amide bonds. The van der Waals surface area contributed by atoms with E-state index < -0.39 is 7.80 Å². The number of benzene rings is 3. The van der Waals surface area contributed by atoms with Crippen molar-refractivity contribution in [2.24, 2.45) is 0 Å². The summed E-state index contributed by atoms with van der Waals surface area (Å²) in [6.45, 7) is 0. The second-order valence-corrected chi connectivity index (χ2v) is 6.39. The van der Waals surface area contributed by atoms with E-state index in [0.29, 0.717) is 10.9 Å². The lowest BCUT2D eigenvalue weighted by atomic mass is 10.1. The Morgan fingerprint density at radius 2 is 1.14 bits per heavy atom. The smallest absolute Gasteiger partial charge is 0.234 e. The molecule has 0 saturated heterocycles. The van der Waals surface area contributed by atoms with Gasteiger partial charge in [0.25, 0.3) is 0 Å². The van der Waals surface area contributed by atoms with Crippen LogP contribution in [0.25, 0.3) is 11.1 Å². The number of rotatable bonds is 4. The molecule has 22 heavy (non-hydrogen) atoms. The van der Waals surface area contributed by atoms with Gasteiger partial charge in [0.05, 0.1) is 5.56 Å². The average Bonchev–Trinajstić information content (AvgIpc) is 2.62. The van der Waals surface area contributed by atoms with Crippen LogP contribution in [0.2, 0.25) is 0 Å². The Bertz CT molecular complexity index is 794. The largest absolute Gasteiger partial charge is 0.458 e. The molecule has 0 heterocycles. The molecule has 0 fully saturated rings. The van der Waals surface area contributed by atoms with Crippen LogP contribution >= 0.6 is 7.80 Å². The first-order valence-corrected chi connectivity index (χ1v) is 8.24. The van der Waals surface area contributed by atoms with E-state index in [1.807, 2.05) is 48.5 Å². The Morgan fingerprint density at radius 3 is 1.73 bits per heavy atom. The van der Waals surface area contributed by atoms with Crippen LogP contribution in [-0.2, 0) is 4.57 Å². The third kappa shape index (κ3) is 3.03. The molecule has 0 N–H and O–H groups in total. The standard InChI is InChI=1S/C19H14O2P/c20-19(17-9-5-2-6-10-17)22(21)18-13-11-16(12-14-18)15-7-3-1-4-8-15/h1-14H/q+1. The monoisotopic (exact) mass is 305 g/mol. The summed E-state index contributed by atoms with van der Waals surface area (Å²) >= 11 is 0. The second-order valence-electron chi connectivity index (χ2n) is 4.88. The first-order chi connectivity index (χ1) is 10.8. The van der Waals surface area contributed by atoms with E-state index >= 15 is 0 Å². The van der Waals surface area contributed by atoms with Gasteiger partial charge in [0.2, 0.25) is 0 Å². The summed E-state index contributed by atoms with van der Waals surface area (Å²) in [7, 11) is -2.08. The highest BCUT2D eigenvalue weighted by atomic mass is 31.1. The fourth-order valence-electron chi connectivity index (χ4n) is 2.24. The van der Waals surface area contributed by atoms with Gasteiger partial charge in [-0.2, -0.15) is 0 Å². The third-order valence-corrected chi connectivity index (χ3v) is 4.81. The van der Waals surface area contributed by atoms with Gasteiger partial charge in [0, 0.05) is 0 Å². The number of hydrogen-bond acceptors (Lipinski definition) is 2. The molecule has 0 aliphatic carbocycles. The minimum Gasteiger partial charge on any atom is -0.234 e. The molecule has 3 aromatic rings. The SMILES string of the molecule is O=C(c1ccccc1)[P+](=O)c1ccc(-c2ccccc2)cc1. The van der Waals surface area contributed by atoms with Gasteiger partial charge in [-0.1, -0.05) is 53.1 Å². The highest BCUT2D eigenvalue weighted by Gasteiger charge is 2.32. The van der Waals surface area contributed by atoms with Crippen molar-refractivity contribution < 1.29 is 9.36 Å². The Hall–Kier alpha value is -2.57. The minimum atomic E-state index is -2.08. The molecule has 2 nitrogen and oxygen atoms in total. The summed E-state index contributed by atoms with van der Waals surface area (Å²) < 4.78 is 12.4. The molecule has 3 rings (SSSR count). The zero-order valence-electron chi connectivity index (χ0n) is 11.8. The Morgan fingerprint density at radius 1 is 0.636 bits per heavy atom. The van der Waals surface area contributed by atoms with Crippen molar-refractivity contribution in [1.82, 2.24) is 0 Å². The Balaban J connectivity index is 1.84. The van der Waals surface area contributed by atoms with Crippen molar-refractivity contribution in [1.29, 1.82) is 0 Å². The van der Waals surface area contributed by atoms with E-state index in [-0.39, 0.29) is 5.52 Å². The van der Waals surface area contributed by atoms with Crippen LogP contribution in [-0.4, -0.2) is 5.52 Å². The molecule has 0 aromatic heterocycles. The van der Waals surface area contributed by atoms with Gasteiger partial charge in [-0.15, -0.1) is 0 Å². The van der Waals surface area contributed by atoms with E-state index in [1.165, 1.54) is 0 Å². The molecular formula is C19H14O2P+. The molecule has 0 aliphatic rings. The van der Waals surface area contributed by atoms with E-state index in [4.69, 9.17) is 0 Å². The topological polar surface area (TPSA) is 34.1 Å². The lowest BCUT2D eigenvalue weighted by molar-refractivity contribution is 0.108. The molecule has 3 aromatic carbocycles. The lowest BCUT2D eigenvalue weighted by Crippen LogP contribution is -2.03. The zero-order valence-corrected chi connectivity index (χ0v) is 12.7. The minimum absolute atomic E-state index is 0.330. The first-order valence-electron chi connectivity index (χ1n) is 6.98. The number of carbonyl (C=O) groups is 1. The summed E-state index contributed by atoms with van der Waals surface area (Å²) in [6.07, 6.45) is 0. The van der Waals surface area contributed by atoms with Crippen LogP contribution in [0, 0.1) is 0 Å². The van der Waals surface area contributed by atoms with Crippen LogP contribution in [0.1, 0.15) is 10.4 Å². The van der Waals surface area contributed by atoms with Crippen molar-refractivity contribution in [3.05, 3.63) is 90.5 Å². The van der Waals surface area contributed by atoms with Crippen LogP contribution < -0.4 is 5.30 Å². The first kappa shape index (κ1) is 14.4. The van der Waals surface area contributed by atoms with Gasteiger partial charge in [0.15, 0.2) is 5.30 Å². The Kier molecular flexibility index (Phi) is 4.22. The zero-order chi connectivity index (χ0) is 15.4. The molecular weight excluding hydrogens is 291 g/mol. The summed E-state index contributed by atoms with van der Waals surface area (Å²) in [4.78, 5) is 12.2. The third-order valence-electron chi connectivity index (χ3n) is 3.41. The van der Waals surface area contributed by atoms with Gasteiger partial charge in [0.1, 0.15) is 0 Å². The van der Waals surface area contributed by atoms with Crippen molar-refractivity contribution in [2.75, 3.05) is 0 Å². The number of hydrogen-bond donors (Lipinski definition) is 0. The van der Waals surface area contributed by atoms with Gasteiger partial charge < -0.3 is 0 Å². The fraction of sp³-hybridized carbons (Fsp3) is 0. The molecule has 1 unspecified atom stereocenters. The van der Waals surface area contributed by atoms with Crippen molar-refractivity contribution >= 4 is 18.6 Å². The van der Waals surface area contributed by atoms with Crippen molar-refractivity contribution in [3.8, 4) is 11.1 Å². The summed E-state index contributed by atoms with van der Waals surface area (Å²) in [6, 6.07) is 26.0. The predicted octanol–water partition coefficient (Wildman–Crippen LogP) is 4.65. The average molecular weight is 305 g/mol. The molecule has 0 bridgehead atoms. The van der Waals surface area contributed by atoms with E-state index in [1.54, 1.807) is 36.4 Å². The second kappa shape index (κ2) is 6.46. The molecule has 3 heteroatoms. The van der Waals surface area contributed by atoms with Gasteiger partial charge in [-0.05, 0) is 47.5 Å². The van der Waals surface area contributed by atoms with Gasteiger partial charge in [-0.25, -0.2) is 4.79 Å². The fourth-order valence-corrected chi connectivity index (χ4v) is 3.27. The maximum absolute atomic E-state index is 12.4. The van der Waals surface area contributed by atoms with E-state index in [2.05, 4.69) is 0 Å². The van der Waals surface area contributed by atoms with Crippen molar-refractivity contribution in [3.63, 3.8) is 0 Å². The maximum Gasteiger partial charge on any atom is 0.458 e. The van der Waals surface area contributed by atoms with E-state index in [9.17, 15) is 9.36 Å². The van der Waals surface area contributed by atoms with Crippen LogP contribution in [0.5, 0.6) is 0 Å². The highest BCUT2D eigenvalue weighted by Crippen LogP contribution is 2.27.